The number of benzene rings is 2. The lowest BCUT2D eigenvalue weighted by Crippen LogP contribution is -2.15. The van der Waals surface area contributed by atoms with Gasteiger partial charge < -0.3 is 5.73 Å². The standard InChI is InChI=1S/C12H10BrFN2O2S/c13-9-3-1-2-4-11(9)16-19(17,18)12-6-5-8(15)7-10(12)14/h1-7,16H,15H2. The third kappa shape index (κ3) is 3.05. The Bertz CT molecular complexity index is 719. The third-order valence-corrected chi connectivity index (χ3v) is 4.45. The molecular weight excluding hydrogens is 335 g/mol. The average Bonchev–Trinajstić information content (AvgIpc) is 2.31. The Labute approximate surface area is 118 Å². The molecule has 0 saturated heterocycles. The van der Waals surface area contributed by atoms with Crippen molar-refractivity contribution in [2.24, 2.45) is 0 Å². The van der Waals surface area contributed by atoms with Crippen molar-refractivity contribution in [3.8, 4) is 0 Å². The lowest BCUT2D eigenvalue weighted by molar-refractivity contribution is 0.571. The van der Waals surface area contributed by atoms with E-state index in [4.69, 9.17) is 5.73 Å². The Kier molecular flexibility index (Phi) is 3.77. The molecule has 4 nitrogen and oxygen atoms in total. The zero-order valence-corrected chi connectivity index (χ0v) is 12.0. The lowest BCUT2D eigenvalue weighted by atomic mass is 10.3. The number of halogens is 2. The van der Waals surface area contributed by atoms with Gasteiger partial charge in [0.1, 0.15) is 10.7 Å². The summed E-state index contributed by atoms with van der Waals surface area (Å²) in [6.07, 6.45) is 0. The first-order valence-corrected chi connectivity index (χ1v) is 7.50. The molecule has 0 saturated carbocycles. The van der Waals surface area contributed by atoms with Crippen molar-refractivity contribution in [1.82, 2.24) is 0 Å². The second-order valence-corrected chi connectivity index (χ2v) is 6.28. The quantitative estimate of drug-likeness (QED) is 0.840. The molecule has 0 aliphatic heterocycles. The molecule has 7 heteroatoms. The summed E-state index contributed by atoms with van der Waals surface area (Å²) in [7, 11) is -3.99. The number of rotatable bonds is 3. The van der Waals surface area contributed by atoms with Gasteiger partial charge >= 0.3 is 0 Å². The number of nitrogen functional groups attached to an aromatic ring is 1. The summed E-state index contributed by atoms with van der Waals surface area (Å²) >= 11 is 3.21. The van der Waals surface area contributed by atoms with Gasteiger partial charge in [0, 0.05) is 10.2 Å². The van der Waals surface area contributed by atoms with Crippen LogP contribution in [0.2, 0.25) is 0 Å². The van der Waals surface area contributed by atoms with Gasteiger partial charge in [0.15, 0.2) is 0 Å². The number of hydrogen-bond acceptors (Lipinski definition) is 3. The Morgan fingerprint density at radius 3 is 2.47 bits per heavy atom. The first-order valence-electron chi connectivity index (χ1n) is 5.22. The van der Waals surface area contributed by atoms with Crippen LogP contribution in [0.5, 0.6) is 0 Å². The fourth-order valence-corrected chi connectivity index (χ4v) is 3.13. The van der Waals surface area contributed by atoms with Crippen molar-refractivity contribution in [2.75, 3.05) is 10.5 Å². The highest BCUT2D eigenvalue weighted by molar-refractivity contribution is 9.10. The van der Waals surface area contributed by atoms with E-state index in [9.17, 15) is 12.8 Å². The molecule has 0 radical (unpaired) electrons. The largest absolute Gasteiger partial charge is 0.399 e. The number of para-hydroxylation sites is 1. The monoisotopic (exact) mass is 344 g/mol. The SMILES string of the molecule is Nc1ccc(S(=O)(=O)Nc2ccccc2Br)c(F)c1. The minimum atomic E-state index is -3.99. The molecule has 19 heavy (non-hydrogen) atoms. The van der Waals surface area contributed by atoms with E-state index in [1.807, 2.05) is 0 Å². The summed E-state index contributed by atoms with van der Waals surface area (Å²) in [4.78, 5) is -0.447. The van der Waals surface area contributed by atoms with E-state index in [1.165, 1.54) is 6.07 Å². The Morgan fingerprint density at radius 2 is 1.84 bits per heavy atom. The molecule has 2 aromatic rings. The molecule has 0 aliphatic carbocycles. The minimum absolute atomic E-state index is 0.164. The van der Waals surface area contributed by atoms with E-state index < -0.39 is 20.7 Å². The van der Waals surface area contributed by atoms with Crippen molar-refractivity contribution < 1.29 is 12.8 Å². The van der Waals surface area contributed by atoms with Gasteiger partial charge in [-0.2, -0.15) is 0 Å². The number of nitrogens with one attached hydrogen (secondary N) is 1. The Balaban J connectivity index is 2.41. The highest BCUT2D eigenvalue weighted by Crippen LogP contribution is 2.25. The molecule has 0 unspecified atom stereocenters. The molecule has 100 valence electrons. The van der Waals surface area contributed by atoms with Gasteiger partial charge in [-0.1, -0.05) is 12.1 Å². The van der Waals surface area contributed by atoms with E-state index in [0.717, 1.165) is 12.1 Å². The van der Waals surface area contributed by atoms with Crippen molar-refractivity contribution in [3.05, 3.63) is 52.8 Å². The molecular formula is C12H10BrFN2O2S. The van der Waals surface area contributed by atoms with E-state index in [0.29, 0.717) is 10.2 Å². The molecule has 0 fully saturated rings. The van der Waals surface area contributed by atoms with Crippen molar-refractivity contribution in [2.45, 2.75) is 4.90 Å². The second-order valence-electron chi connectivity index (χ2n) is 3.78. The molecule has 0 aromatic heterocycles. The fraction of sp³-hybridized carbons (Fsp3) is 0. The topological polar surface area (TPSA) is 72.2 Å². The van der Waals surface area contributed by atoms with Gasteiger partial charge in [-0.05, 0) is 46.3 Å². The normalized spacial score (nSPS) is 11.3. The predicted octanol–water partition coefficient (Wildman–Crippen LogP) is 2.97. The van der Waals surface area contributed by atoms with Gasteiger partial charge in [0.25, 0.3) is 10.0 Å². The van der Waals surface area contributed by atoms with E-state index >= 15 is 0 Å². The summed E-state index contributed by atoms with van der Waals surface area (Å²) in [5, 5.41) is 0. The maximum Gasteiger partial charge on any atom is 0.264 e. The highest BCUT2D eigenvalue weighted by atomic mass is 79.9. The van der Waals surface area contributed by atoms with E-state index in [-0.39, 0.29) is 5.69 Å². The molecule has 0 atom stereocenters. The Hall–Kier alpha value is -1.60. The summed E-state index contributed by atoms with van der Waals surface area (Å²) in [6.45, 7) is 0. The second kappa shape index (κ2) is 5.18. The van der Waals surface area contributed by atoms with Gasteiger partial charge in [0.05, 0.1) is 5.69 Å². The van der Waals surface area contributed by atoms with Crippen LogP contribution in [0, 0.1) is 5.82 Å². The molecule has 0 bridgehead atoms. The molecule has 0 heterocycles. The maximum atomic E-state index is 13.6. The molecule has 0 aliphatic rings. The average molecular weight is 345 g/mol. The van der Waals surface area contributed by atoms with Gasteiger partial charge in [-0.3, -0.25) is 4.72 Å². The zero-order valence-electron chi connectivity index (χ0n) is 9.60. The summed E-state index contributed by atoms with van der Waals surface area (Å²) in [5.41, 5.74) is 5.88. The van der Waals surface area contributed by atoms with Crippen molar-refractivity contribution >= 4 is 37.3 Å². The minimum Gasteiger partial charge on any atom is -0.399 e. The third-order valence-electron chi connectivity index (χ3n) is 2.36. The van der Waals surface area contributed by atoms with Gasteiger partial charge in [-0.15, -0.1) is 0 Å². The number of hydrogen-bond donors (Lipinski definition) is 2. The van der Waals surface area contributed by atoms with Crippen molar-refractivity contribution in [3.63, 3.8) is 0 Å². The van der Waals surface area contributed by atoms with Crippen LogP contribution in [0.15, 0.2) is 51.8 Å². The van der Waals surface area contributed by atoms with Crippen LogP contribution in [0.3, 0.4) is 0 Å². The summed E-state index contributed by atoms with van der Waals surface area (Å²) in [5.74, 6) is -0.889. The molecule has 0 amide bonds. The highest BCUT2D eigenvalue weighted by Gasteiger charge is 2.19. The maximum absolute atomic E-state index is 13.6. The predicted molar refractivity (Wildman–Crippen MR) is 75.8 cm³/mol. The van der Waals surface area contributed by atoms with Gasteiger partial charge in [0.2, 0.25) is 0 Å². The van der Waals surface area contributed by atoms with Crippen LogP contribution in [-0.2, 0) is 10.0 Å². The van der Waals surface area contributed by atoms with Crippen LogP contribution >= 0.6 is 15.9 Å². The molecule has 3 N–H and O–H groups in total. The Morgan fingerprint density at radius 1 is 1.16 bits per heavy atom. The van der Waals surface area contributed by atoms with Crippen LogP contribution < -0.4 is 10.5 Å². The first kappa shape index (κ1) is 13.8. The first-order chi connectivity index (χ1) is 8.90. The lowest BCUT2D eigenvalue weighted by Gasteiger charge is -2.10. The molecule has 2 aromatic carbocycles. The smallest absolute Gasteiger partial charge is 0.264 e. The number of nitrogens with two attached hydrogens (primary N) is 1. The van der Waals surface area contributed by atoms with Crippen LogP contribution in [0.25, 0.3) is 0 Å². The molecule has 2 rings (SSSR count). The zero-order chi connectivity index (χ0) is 14.0. The van der Waals surface area contributed by atoms with Crippen LogP contribution in [0.1, 0.15) is 0 Å². The van der Waals surface area contributed by atoms with Crippen LogP contribution in [-0.4, -0.2) is 8.42 Å². The fourth-order valence-electron chi connectivity index (χ4n) is 1.48. The van der Waals surface area contributed by atoms with E-state index in [2.05, 4.69) is 20.7 Å². The van der Waals surface area contributed by atoms with Gasteiger partial charge in [-0.25, -0.2) is 12.8 Å². The number of anilines is 2. The summed E-state index contributed by atoms with van der Waals surface area (Å²) in [6, 6.07) is 10.1. The molecule has 0 spiro atoms. The number of sulfonamides is 1. The summed E-state index contributed by atoms with van der Waals surface area (Å²) < 4.78 is 40.7. The van der Waals surface area contributed by atoms with Crippen LogP contribution in [0.4, 0.5) is 15.8 Å². The van der Waals surface area contributed by atoms with E-state index in [1.54, 1.807) is 24.3 Å². The van der Waals surface area contributed by atoms with Crippen molar-refractivity contribution in [1.29, 1.82) is 0 Å².